The van der Waals surface area contributed by atoms with Crippen LogP contribution in [0.15, 0.2) is 24.3 Å². The molecule has 116 valence electrons. The number of rotatable bonds is 4. The van der Waals surface area contributed by atoms with Crippen LogP contribution in [0.4, 0.5) is 16.2 Å². The Balaban J connectivity index is 0.00000220. The SMILES string of the molecule is CC(C)C(N)C(=O)Nc1ccc(N2CCNC2=O)cc1.Cl. The number of benzene rings is 1. The monoisotopic (exact) mass is 312 g/mol. The molecule has 1 saturated heterocycles. The summed E-state index contributed by atoms with van der Waals surface area (Å²) in [7, 11) is 0. The van der Waals surface area contributed by atoms with E-state index in [4.69, 9.17) is 5.73 Å². The van der Waals surface area contributed by atoms with E-state index in [2.05, 4.69) is 10.6 Å². The molecule has 1 atom stereocenters. The van der Waals surface area contributed by atoms with Gasteiger partial charge < -0.3 is 16.4 Å². The molecular weight excluding hydrogens is 292 g/mol. The lowest BCUT2D eigenvalue weighted by molar-refractivity contribution is -0.118. The van der Waals surface area contributed by atoms with E-state index in [1.54, 1.807) is 29.2 Å². The highest BCUT2D eigenvalue weighted by Gasteiger charge is 2.21. The predicted molar refractivity (Wildman–Crippen MR) is 85.9 cm³/mol. The molecule has 1 aliphatic rings. The van der Waals surface area contributed by atoms with E-state index in [-0.39, 0.29) is 30.3 Å². The predicted octanol–water partition coefficient (Wildman–Crippen LogP) is 1.56. The minimum atomic E-state index is -0.529. The number of nitrogens with two attached hydrogens (primary N) is 1. The molecule has 0 saturated carbocycles. The molecule has 6 nitrogen and oxygen atoms in total. The molecule has 1 aromatic carbocycles. The molecule has 0 aliphatic carbocycles. The number of nitrogens with one attached hydrogen (secondary N) is 2. The van der Waals surface area contributed by atoms with E-state index in [9.17, 15) is 9.59 Å². The average Bonchev–Trinajstić information content (AvgIpc) is 2.85. The fraction of sp³-hybridized carbons (Fsp3) is 0.429. The Kier molecular flexibility index (Phi) is 5.99. The molecule has 7 heteroatoms. The number of carbonyl (C=O) groups is 2. The third-order valence-corrected chi connectivity index (χ3v) is 3.32. The van der Waals surface area contributed by atoms with E-state index in [0.717, 1.165) is 5.69 Å². The number of carbonyl (C=O) groups excluding carboxylic acids is 2. The van der Waals surface area contributed by atoms with Crippen molar-refractivity contribution in [1.82, 2.24) is 5.32 Å². The Labute approximate surface area is 130 Å². The summed E-state index contributed by atoms with van der Waals surface area (Å²) in [5.41, 5.74) is 7.27. The smallest absolute Gasteiger partial charge is 0.321 e. The molecule has 0 radical (unpaired) electrons. The van der Waals surface area contributed by atoms with Gasteiger partial charge in [-0.05, 0) is 30.2 Å². The molecular formula is C14H21ClN4O2. The van der Waals surface area contributed by atoms with Crippen molar-refractivity contribution >= 4 is 35.7 Å². The van der Waals surface area contributed by atoms with Crippen LogP contribution in [0.3, 0.4) is 0 Å². The number of nitrogens with zero attached hydrogens (tertiary/aromatic N) is 1. The first kappa shape index (κ1) is 17.3. The Morgan fingerprint density at radius 3 is 2.43 bits per heavy atom. The minimum Gasteiger partial charge on any atom is -0.336 e. The molecule has 1 aromatic rings. The third-order valence-electron chi connectivity index (χ3n) is 3.32. The summed E-state index contributed by atoms with van der Waals surface area (Å²) >= 11 is 0. The Morgan fingerprint density at radius 1 is 1.33 bits per heavy atom. The molecule has 0 aromatic heterocycles. The van der Waals surface area contributed by atoms with E-state index in [1.807, 2.05) is 13.8 Å². The Bertz CT molecular complexity index is 504. The van der Waals surface area contributed by atoms with Gasteiger partial charge in [-0.1, -0.05) is 13.8 Å². The maximum atomic E-state index is 11.8. The fourth-order valence-corrected chi connectivity index (χ4v) is 1.97. The summed E-state index contributed by atoms with van der Waals surface area (Å²) < 4.78 is 0. The molecule has 21 heavy (non-hydrogen) atoms. The zero-order valence-corrected chi connectivity index (χ0v) is 12.9. The van der Waals surface area contributed by atoms with E-state index < -0.39 is 6.04 Å². The van der Waals surface area contributed by atoms with Crippen molar-refractivity contribution in [2.45, 2.75) is 19.9 Å². The van der Waals surface area contributed by atoms with Gasteiger partial charge in [0.15, 0.2) is 0 Å². The van der Waals surface area contributed by atoms with Crippen molar-refractivity contribution in [2.75, 3.05) is 23.3 Å². The normalized spacial score (nSPS) is 15.4. The van der Waals surface area contributed by atoms with Gasteiger partial charge in [-0.3, -0.25) is 9.69 Å². The first-order chi connectivity index (χ1) is 9.49. The zero-order chi connectivity index (χ0) is 14.7. The summed E-state index contributed by atoms with van der Waals surface area (Å²) in [4.78, 5) is 25.0. The summed E-state index contributed by atoms with van der Waals surface area (Å²) in [5.74, 6) is -0.116. The maximum absolute atomic E-state index is 11.8. The standard InChI is InChI=1S/C14H20N4O2.ClH/c1-9(2)12(15)13(19)17-10-3-5-11(6-4-10)18-8-7-16-14(18)20;/h3-6,9,12H,7-8,15H2,1-2H3,(H,16,20)(H,17,19);1H. The fourth-order valence-electron chi connectivity index (χ4n) is 1.97. The number of hydrogen-bond acceptors (Lipinski definition) is 3. The van der Waals surface area contributed by atoms with Gasteiger partial charge in [0.25, 0.3) is 0 Å². The van der Waals surface area contributed by atoms with Crippen molar-refractivity contribution in [3.05, 3.63) is 24.3 Å². The van der Waals surface area contributed by atoms with Gasteiger partial charge in [-0.15, -0.1) is 12.4 Å². The van der Waals surface area contributed by atoms with Gasteiger partial charge in [0.2, 0.25) is 5.91 Å². The molecule has 0 spiro atoms. The van der Waals surface area contributed by atoms with E-state index in [0.29, 0.717) is 18.8 Å². The molecule has 1 heterocycles. The van der Waals surface area contributed by atoms with Gasteiger partial charge in [0.05, 0.1) is 6.04 Å². The van der Waals surface area contributed by atoms with Gasteiger partial charge in [0, 0.05) is 24.5 Å². The van der Waals surface area contributed by atoms with Crippen LogP contribution in [-0.4, -0.2) is 31.1 Å². The quantitative estimate of drug-likeness (QED) is 0.788. The summed E-state index contributed by atoms with van der Waals surface area (Å²) in [6.45, 7) is 5.11. The molecule has 1 aliphatic heterocycles. The molecule has 4 N–H and O–H groups in total. The molecule has 0 bridgehead atoms. The highest BCUT2D eigenvalue weighted by atomic mass is 35.5. The highest BCUT2D eigenvalue weighted by Crippen LogP contribution is 2.19. The maximum Gasteiger partial charge on any atom is 0.321 e. The summed E-state index contributed by atoms with van der Waals surface area (Å²) in [6, 6.07) is 6.53. The summed E-state index contributed by atoms with van der Waals surface area (Å²) in [5, 5.41) is 5.51. The van der Waals surface area contributed by atoms with Crippen LogP contribution >= 0.6 is 12.4 Å². The average molecular weight is 313 g/mol. The first-order valence-electron chi connectivity index (χ1n) is 6.71. The van der Waals surface area contributed by atoms with Gasteiger partial charge in [-0.25, -0.2) is 4.79 Å². The number of halogens is 1. The van der Waals surface area contributed by atoms with Crippen LogP contribution in [0.25, 0.3) is 0 Å². The molecule has 1 unspecified atom stereocenters. The lowest BCUT2D eigenvalue weighted by atomic mass is 10.0. The zero-order valence-electron chi connectivity index (χ0n) is 12.1. The third kappa shape index (κ3) is 4.09. The van der Waals surface area contributed by atoms with Crippen molar-refractivity contribution in [1.29, 1.82) is 0 Å². The Morgan fingerprint density at radius 2 is 1.95 bits per heavy atom. The lowest BCUT2D eigenvalue weighted by Crippen LogP contribution is -2.39. The topological polar surface area (TPSA) is 87.5 Å². The largest absolute Gasteiger partial charge is 0.336 e. The van der Waals surface area contributed by atoms with Crippen molar-refractivity contribution in [3.63, 3.8) is 0 Å². The number of urea groups is 1. The van der Waals surface area contributed by atoms with Crippen molar-refractivity contribution < 1.29 is 9.59 Å². The van der Waals surface area contributed by atoms with Crippen LogP contribution in [0.5, 0.6) is 0 Å². The van der Waals surface area contributed by atoms with Crippen LogP contribution in [0.1, 0.15) is 13.8 Å². The lowest BCUT2D eigenvalue weighted by Gasteiger charge is -2.17. The van der Waals surface area contributed by atoms with E-state index in [1.165, 1.54) is 0 Å². The van der Waals surface area contributed by atoms with Gasteiger partial charge in [-0.2, -0.15) is 0 Å². The van der Waals surface area contributed by atoms with E-state index >= 15 is 0 Å². The van der Waals surface area contributed by atoms with Crippen molar-refractivity contribution in [3.8, 4) is 0 Å². The minimum absolute atomic E-state index is 0. The van der Waals surface area contributed by atoms with Crippen LogP contribution in [0.2, 0.25) is 0 Å². The number of amides is 3. The molecule has 1 fully saturated rings. The van der Waals surface area contributed by atoms with Gasteiger partial charge in [0.1, 0.15) is 0 Å². The van der Waals surface area contributed by atoms with Crippen molar-refractivity contribution in [2.24, 2.45) is 11.7 Å². The number of hydrogen-bond donors (Lipinski definition) is 3. The van der Waals surface area contributed by atoms with Crippen LogP contribution in [0, 0.1) is 5.92 Å². The highest BCUT2D eigenvalue weighted by molar-refractivity contribution is 5.96. The van der Waals surface area contributed by atoms with Crippen LogP contribution in [-0.2, 0) is 4.79 Å². The summed E-state index contributed by atoms with van der Waals surface area (Å²) in [6.07, 6.45) is 0. The van der Waals surface area contributed by atoms with Gasteiger partial charge >= 0.3 is 6.03 Å². The second-order valence-electron chi connectivity index (χ2n) is 5.19. The second kappa shape index (κ2) is 7.28. The first-order valence-corrected chi connectivity index (χ1v) is 6.71. The molecule has 3 amide bonds. The second-order valence-corrected chi connectivity index (χ2v) is 5.19. The van der Waals surface area contributed by atoms with Crippen LogP contribution < -0.4 is 21.3 Å². The Hall–Kier alpha value is -1.79. The number of anilines is 2. The molecule has 2 rings (SSSR count).